The number of amides is 2. The largest absolute Gasteiger partial charge is 0.356 e. The second-order valence-corrected chi connectivity index (χ2v) is 8.96. The average Bonchev–Trinajstić information content (AvgIpc) is 3.04. The number of hydrogen-bond donors (Lipinski definition) is 1. The minimum Gasteiger partial charge on any atom is -0.356 e. The van der Waals surface area contributed by atoms with Crippen LogP contribution in [0.2, 0.25) is 0 Å². The second kappa shape index (κ2) is 8.35. The molecule has 4 nitrogen and oxygen atoms in total. The number of piperidine rings is 1. The number of likely N-dealkylation sites (tertiary alicyclic amines) is 1. The summed E-state index contributed by atoms with van der Waals surface area (Å²) in [5, 5.41) is 3.09. The van der Waals surface area contributed by atoms with E-state index < -0.39 is 0 Å². The second-order valence-electron chi connectivity index (χ2n) is 7.83. The highest BCUT2D eigenvalue weighted by atomic mass is 32.1. The molecule has 0 bridgehead atoms. The van der Waals surface area contributed by atoms with E-state index in [-0.39, 0.29) is 17.7 Å². The molecular formula is C20H30N2O2S. The molecule has 3 rings (SSSR count). The maximum absolute atomic E-state index is 12.7. The van der Waals surface area contributed by atoms with Gasteiger partial charge in [-0.15, -0.1) is 11.3 Å². The summed E-state index contributed by atoms with van der Waals surface area (Å²) in [6.07, 6.45) is 7.11. The Morgan fingerprint density at radius 3 is 2.76 bits per heavy atom. The molecule has 1 saturated heterocycles. The molecule has 25 heavy (non-hydrogen) atoms. The van der Waals surface area contributed by atoms with Crippen LogP contribution in [0.5, 0.6) is 0 Å². The molecule has 1 aliphatic heterocycles. The van der Waals surface area contributed by atoms with Crippen molar-refractivity contribution in [1.82, 2.24) is 10.2 Å². The lowest BCUT2D eigenvalue weighted by atomic mass is 9.87. The molecule has 138 valence electrons. The van der Waals surface area contributed by atoms with E-state index in [1.807, 2.05) is 4.90 Å². The van der Waals surface area contributed by atoms with Crippen LogP contribution in [0.15, 0.2) is 6.07 Å². The molecule has 2 heterocycles. The van der Waals surface area contributed by atoms with Crippen molar-refractivity contribution in [2.45, 2.75) is 58.8 Å². The zero-order valence-electron chi connectivity index (χ0n) is 15.5. The number of fused-ring (bicyclic) bond motifs is 1. The standard InChI is InChI=1S/C20H30N2O2S/c1-14(2)8-9-21-19(23)15-6-7-17-16(12-15)13-18(25-17)20(24)22-10-4-3-5-11-22/h13-15H,3-12H2,1-2H3,(H,21,23)/t15-/m1/s1. The molecule has 1 aromatic heterocycles. The van der Waals surface area contributed by atoms with Gasteiger partial charge in [0.05, 0.1) is 4.88 Å². The van der Waals surface area contributed by atoms with Crippen molar-refractivity contribution in [2.24, 2.45) is 11.8 Å². The van der Waals surface area contributed by atoms with Gasteiger partial charge in [0.25, 0.3) is 5.91 Å². The van der Waals surface area contributed by atoms with Gasteiger partial charge in [0.2, 0.25) is 5.91 Å². The first-order chi connectivity index (χ1) is 12.0. The third kappa shape index (κ3) is 4.63. The Labute approximate surface area is 155 Å². The fourth-order valence-corrected chi connectivity index (χ4v) is 4.91. The zero-order valence-corrected chi connectivity index (χ0v) is 16.3. The summed E-state index contributed by atoms with van der Waals surface area (Å²) in [5.41, 5.74) is 1.22. The minimum atomic E-state index is 0.0622. The predicted octanol–water partition coefficient (Wildman–Crippen LogP) is 3.64. The number of rotatable bonds is 5. The lowest BCUT2D eigenvalue weighted by Gasteiger charge is -2.26. The third-order valence-electron chi connectivity index (χ3n) is 5.33. The molecular weight excluding hydrogens is 332 g/mol. The number of carbonyl (C=O) groups excluding carboxylic acids is 2. The maximum Gasteiger partial charge on any atom is 0.263 e. The Bertz CT molecular complexity index is 617. The van der Waals surface area contributed by atoms with Crippen LogP contribution in [0.4, 0.5) is 0 Å². The SMILES string of the molecule is CC(C)CCNC(=O)[C@@H]1CCc2sc(C(=O)N3CCCCC3)cc2C1. The highest BCUT2D eigenvalue weighted by Gasteiger charge is 2.28. The van der Waals surface area contributed by atoms with Crippen LogP contribution in [0.1, 0.15) is 66.1 Å². The number of aryl methyl sites for hydroxylation is 1. The van der Waals surface area contributed by atoms with Crippen LogP contribution in [0.25, 0.3) is 0 Å². The van der Waals surface area contributed by atoms with Gasteiger partial charge < -0.3 is 10.2 Å². The molecule has 0 saturated carbocycles. The number of nitrogens with zero attached hydrogens (tertiary/aromatic N) is 1. The van der Waals surface area contributed by atoms with Crippen molar-refractivity contribution in [2.75, 3.05) is 19.6 Å². The number of carbonyl (C=O) groups is 2. The quantitative estimate of drug-likeness (QED) is 0.869. The summed E-state index contributed by atoms with van der Waals surface area (Å²) in [5.74, 6) is 1.05. The zero-order chi connectivity index (χ0) is 17.8. The molecule has 2 aliphatic rings. The van der Waals surface area contributed by atoms with Gasteiger partial charge in [-0.25, -0.2) is 0 Å². The van der Waals surface area contributed by atoms with Crippen LogP contribution in [-0.4, -0.2) is 36.3 Å². The van der Waals surface area contributed by atoms with Crippen molar-refractivity contribution >= 4 is 23.2 Å². The Balaban J connectivity index is 1.59. The molecule has 5 heteroatoms. The van der Waals surface area contributed by atoms with Crippen molar-refractivity contribution < 1.29 is 9.59 Å². The number of hydrogen-bond acceptors (Lipinski definition) is 3. The lowest BCUT2D eigenvalue weighted by molar-refractivity contribution is -0.125. The molecule has 1 atom stereocenters. The molecule has 1 N–H and O–H groups in total. The van der Waals surface area contributed by atoms with E-state index in [0.29, 0.717) is 5.92 Å². The summed E-state index contributed by atoms with van der Waals surface area (Å²) in [6, 6.07) is 2.06. The minimum absolute atomic E-state index is 0.0622. The Morgan fingerprint density at radius 1 is 1.28 bits per heavy atom. The highest BCUT2D eigenvalue weighted by molar-refractivity contribution is 7.14. The fraction of sp³-hybridized carbons (Fsp3) is 0.700. The molecule has 1 aromatic rings. The first kappa shape index (κ1) is 18.4. The summed E-state index contributed by atoms with van der Waals surface area (Å²) >= 11 is 1.65. The van der Waals surface area contributed by atoms with Gasteiger partial charge in [-0.1, -0.05) is 13.8 Å². The molecule has 1 aliphatic carbocycles. The molecule has 2 amide bonds. The maximum atomic E-state index is 12.7. The van der Waals surface area contributed by atoms with E-state index in [1.165, 1.54) is 16.9 Å². The van der Waals surface area contributed by atoms with Gasteiger partial charge in [0.15, 0.2) is 0 Å². The summed E-state index contributed by atoms with van der Waals surface area (Å²) in [7, 11) is 0. The Kier molecular flexibility index (Phi) is 6.15. The smallest absolute Gasteiger partial charge is 0.263 e. The van der Waals surface area contributed by atoms with E-state index in [2.05, 4.69) is 25.2 Å². The number of thiophene rings is 1. The van der Waals surface area contributed by atoms with Gasteiger partial charge in [0.1, 0.15) is 0 Å². The van der Waals surface area contributed by atoms with E-state index in [9.17, 15) is 9.59 Å². The Hall–Kier alpha value is -1.36. The van der Waals surface area contributed by atoms with E-state index >= 15 is 0 Å². The molecule has 0 spiro atoms. The number of nitrogens with one attached hydrogen (secondary N) is 1. The van der Waals surface area contributed by atoms with Gasteiger partial charge in [-0.2, -0.15) is 0 Å². The first-order valence-corrected chi connectivity index (χ1v) is 10.5. The Morgan fingerprint density at radius 2 is 2.04 bits per heavy atom. The fourth-order valence-electron chi connectivity index (χ4n) is 3.73. The van der Waals surface area contributed by atoms with Crippen molar-refractivity contribution in [3.05, 3.63) is 21.4 Å². The van der Waals surface area contributed by atoms with Crippen molar-refractivity contribution in [1.29, 1.82) is 0 Å². The van der Waals surface area contributed by atoms with Crippen molar-refractivity contribution in [3.63, 3.8) is 0 Å². The van der Waals surface area contributed by atoms with Crippen molar-refractivity contribution in [3.8, 4) is 0 Å². The first-order valence-electron chi connectivity index (χ1n) is 9.73. The van der Waals surface area contributed by atoms with E-state index in [1.54, 1.807) is 11.3 Å². The average molecular weight is 363 g/mol. The van der Waals surface area contributed by atoms with E-state index in [0.717, 1.165) is 63.0 Å². The van der Waals surface area contributed by atoms with Crippen LogP contribution < -0.4 is 5.32 Å². The van der Waals surface area contributed by atoms with Gasteiger partial charge >= 0.3 is 0 Å². The normalized spacial score (nSPS) is 20.4. The summed E-state index contributed by atoms with van der Waals surface area (Å²) < 4.78 is 0. The van der Waals surface area contributed by atoms with E-state index in [4.69, 9.17) is 0 Å². The van der Waals surface area contributed by atoms with Crippen LogP contribution >= 0.6 is 11.3 Å². The monoisotopic (exact) mass is 362 g/mol. The van der Waals surface area contributed by atoms with Crippen LogP contribution in [-0.2, 0) is 17.6 Å². The van der Waals surface area contributed by atoms with Crippen LogP contribution in [0, 0.1) is 11.8 Å². The molecule has 0 radical (unpaired) electrons. The third-order valence-corrected chi connectivity index (χ3v) is 6.55. The predicted molar refractivity (Wildman–Crippen MR) is 102 cm³/mol. The van der Waals surface area contributed by atoms with Gasteiger partial charge in [-0.3, -0.25) is 9.59 Å². The van der Waals surface area contributed by atoms with Gasteiger partial charge in [-0.05, 0) is 62.5 Å². The molecule has 0 unspecified atom stereocenters. The topological polar surface area (TPSA) is 49.4 Å². The summed E-state index contributed by atoms with van der Waals surface area (Å²) in [4.78, 5) is 29.3. The summed E-state index contributed by atoms with van der Waals surface area (Å²) in [6.45, 7) is 6.89. The lowest BCUT2D eigenvalue weighted by Crippen LogP contribution is -2.35. The highest BCUT2D eigenvalue weighted by Crippen LogP contribution is 2.33. The molecule has 0 aromatic carbocycles. The molecule has 1 fully saturated rings. The van der Waals surface area contributed by atoms with Gasteiger partial charge in [0, 0.05) is 30.4 Å². The van der Waals surface area contributed by atoms with Crippen LogP contribution in [0.3, 0.4) is 0 Å².